The van der Waals surface area contributed by atoms with Gasteiger partial charge in [-0.2, -0.15) is 0 Å². The van der Waals surface area contributed by atoms with Crippen molar-refractivity contribution >= 4 is 28.7 Å². The van der Waals surface area contributed by atoms with Crippen LogP contribution >= 0.6 is 11.6 Å². The lowest BCUT2D eigenvalue weighted by Gasteiger charge is -2.14. The second kappa shape index (κ2) is 5.45. The maximum atomic E-state index is 13.0. The van der Waals surface area contributed by atoms with E-state index in [0.717, 1.165) is 5.56 Å². The number of rotatable bonds is 3. The van der Waals surface area contributed by atoms with Crippen molar-refractivity contribution in [3.05, 3.63) is 52.5 Å². The third kappa shape index (κ3) is 3.15. The summed E-state index contributed by atoms with van der Waals surface area (Å²) in [5.74, 6) is 0. The maximum Gasteiger partial charge on any atom is 0.265 e. The Kier molecular flexibility index (Phi) is 3.90. The van der Waals surface area contributed by atoms with Crippen LogP contribution in [-0.2, 0) is 0 Å². The number of alkyl halides is 2. The van der Waals surface area contributed by atoms with Crippen LogP contribution in [0.3, 0.4) is 0 Å². The van der Waals surface area contributed by atoms with E-state index in [1.54, 1.807) is 18.2 Å². The van der Waals surface area contributed by atoms with Gasteiger partial charge in [-0.25, -0.2) is 8.78 Å². The first-order valence-electron chi connectivity index (χ1n) is 5.68. The summed E-state index contributed by atoms with van der Waals surface area (Å²) in [4.78, 5) is 0. The van der Waals surface area contributed by atoms with Crippen LogP contribution in [-0.4, -0.2) is 0 Å². The van der Waals surface area contributed by atoms with Crippen LogP contribution in [0.2, 0.25) is 5.02 Å². The van der Waals surface area contributed by atoms with Crippen LogP contribution in [0.5, 0.6) is 0 Å². The molecule has 2 aromatic rings. The van der Waals surface area contributed by atoms with Gasteiger partial charge in [-0.15, -0.1) is 0 Å². The molecule has 2 nitrogen and oxygen atoms in total. The number of nitrogens with one attached hydrogen (secondary N) is 1. The molecular formula is C14H13ClF2N2. The van der Waals surface area contributed by atoms with Crippen molar-refractivity contribution in [3.8, 4) is 0 Å². The molecule has 0 aliphatic carbocycles. The van der Waals surface area contributed by atoms with Crippen molar-refractivity contribution in [2.24, 2.45) is 0 Å². The van der Waals surface area contributed by atoms with E-state index in [0.29, 0.717) is 22.1 Å². The van der Waals surface area contributed by atoms with Crippen LogP contribution in [0, 0.1) is 6.92 Å². The zero-order valence-corrected chi connectivity index (χ0v) is 11.0. The van der Waals surface area contributed by atoms with E-state index >= 15 is 0 Å². The van der Waals surface area contributed by atoms with Gasteiger partial charge in [0.25, 0.3) is 6.43 Å². The summed E-state index contributed by atoms with van der Waals surface area (Å²) in [6.45, 7) is 1.90. The maximum absolute atomic E-state index is 13.0. The Balaban J connectivity index is 2.40. The van der Waals surface area contributed by atoms with Gasteiger partial charge < -0.3 is 11.1 Å². The van der Waals surface area contributed by atoms with Gasteiger partial charge >= 0.3 is 0 Å². The molecule has 3 N–H and O–H groups in total. The van der Waals surface area contributed by atoms with Gasteiger partial charge in [0.15, 0.2) is 0 Å². The molecule has 0 radical (unpaired) electrons. The smallest absolute Gasteiger partial charge is 0.265 e. The third-order valence-electron chi connectivity index (χ3n) is 2.70. The van der Waals surface area contributed by atoms with Gasteiger partial charge in [-0.05, 0) is 42.8 Å². The quantitative estimate of drug-likeness (QED) is 0.785. The number of benzene rings is 2. The molecule has 0 aromatic heterocycles. The van der Waals surface area contributed by atoms with Crippen LogP contribution in [0.15, 0.2) is 36.4 Å². The SMILES string of the molecule is Cc1ccc(Cl)c(Nc2ccc(N)cc2C(F)F)c1. The van der Waals surface area contributed by atoms with E-state index in [1.807, 2.05) is 13.0 Å². The van der Waals surface area contributed by atoms with Crippen molar-refractivity contribution in [2.75, 3.05) is 11.1 Å². The van der Waals surface area contributed by atoms with Gasteiger partial charge in [0.1, 0.15) is 0 Å². The largest absolute Gasteiger partial charge is 0.399 e. The minimum absolute atomic E-state index is 0.141. The molecule has 0 saturated heterocycles. The first kappa shape index (κ1) is 13.6. The number of halogens is 3. The van der Waals surface area contributed by atoms with Gasteiger partial charge in [-0.1, -0.05) is 17.7 Å². The van der Waals surface area contributed by atoms with E-state index in [2.05, 4.69) is 5.32 Å². The molecule has 0 fully saturated rings. The molecule has 0 spiro atoms. The Morgan fingerprint density at radius 3 is 2.53 bits per heavy atom. The van der Waals surface area contributed by atoms with E-state index < -0.39 is 6.43 Å². The zero-order chi connectivity index (χ0) is 14.0. The number of aryl methyl sites for hydroxylation is 1. The monoisotopic (exact) mass is 282 g/mol. The Morgan fingerprint density at radius 1 is 1.11 bits per heavy atom. The average Bonchev–Trinajstić information content (AvgIpc) is 2.35. The first-order valence-corrected chi connectivity index (χ1v) is 6.06. The molecule has 0 saturated carbocycles. The van der Waals surface area contributed by atoms with Crippen LogP contribution in [0.4, 0.5) is 25.8 Å². The topological polar surface area (TPSA) is 38.0 Å². The Morgan fingerprint density at radius 2 is 1.84 bits per heavy atom. The molecule has 0 unspecified atom stereocenters. The fraction of sp³-hybridized carbons (Fsp3) is 0.143. The summed E-state index contributed by atoms with van der Waals surface area (Å²) in [6.07, 6.45) is -2.60. The highest BCUT2D eigenvalue weighted by Crippen LogP contribution is 2.33. The number of nitrogens with two attached hydrogens (primary N) is 1. The standard InChI is InChI=1S/C14H13ClF2N2/c1-8-2-4-11(15)13(6-8)19-12-5-3-9(18)7-10(12)14(16)17/h2-7,14,19H,18H2,1H3. The van der Waals surface area contributed by atoms with Crippen molar-refractivity contribution < 1.29 is 8.78 Å². The number of anilines is 3. The molecule has 2 aromatic carbocycles. The molecule has 2 rings (SSSR count). The molecule has 19 heavy (non-hydrogen) atoms. The lowest BCUT2D eigenvalue weighted by Crippen LogP contribution is -1.99. The van der Waals surface area contributed by atoms with E-state index in [-0.39, 0.29) is 5.56 Å². The minimum atomic E-state index is -2.60. The lowest BCUT2D eigenvalue weighted by atomic mass is 10.1. The first-order chi connectivity index (χ1) is 8.97. The molecule has 0 bridgehead atoms. The fourth-order valence-corrected chi connectivity index (χ4v) is 1.92. The Bertz CT molecular complexity index is 600. The van der Waals surface area contributed by atoms with Crippen molar-refractivity contribution in [1.82, 2.24) is 0 Å². The van der Waals surface area contributed by atoms with E-state index in [4.69, 9.17) is 17.3 Å². The minimum Gasteiger partial charge on any atom is -0.399 e. The van der Waals surface area contributed by atoms with Crippen molar-refractivity contribution in [1.29, 1.82) is 0 Å². The highest BCUT2D eigenvalue weighted by Gasteiger charge is 2.14. The molecule has 5 heteroatoms. The molecule has 0 aliphatic rings. The highest BCUT2D eigenvalue weighted by molar-refractivity contribution is 6.33. The lowest BCUT2D eigenvalue weighted by molar-refractivity contribution is 0.152. The molecule has 0 atom stereocenters. The molecular weight excluding hydrogens is 270 g/mol. The van der Waals surface area contributed by atoms with Gasteiger partial charge in [0.2, 0.25) is 0 Å². The summed E-state index contributed by atoms with van der Waals surface area (Å²) < 4.78 is 25.9. The van der Waals surface area contributed by atoms with Crippen LogP contribution in [0.1, 0.15) is 17.6 Å². The van der Waals surface area contributed by atoms with Gasteiger partial charge in [-0.3, -0.25) is 0 Å². The Hall–Kier alpha value is -1.81. The van der Waals surface area contributed by atoms with Crippen molar-refractivity contribution in [2.45, 2.75) is 13.3 Å². The number of hydrogen-bond donors (Lipinski definition) is 2. The highest BCUT2D eigenvalue weighted by atomic mass is 35.5. The number of hydrogen-bond acceptors (Lipinski definition) is 2. The average molecular weight is 283 g/mol. The molecule has 0 heterocycles. The van der Waals surface area contributed by atoms with Crippen molar-refractivity contribution in [3.63, 3.8) is 0 Å². The summed E-state index contributed by atoms with van der Waals surface area (Å²) in [7, 11) is 0. The van der Waals surface area contributed by atoms with E-state index in [1.165, 1.54) is 12.1 Å². The summed E-state index contributed by atoms with van der Waals surface area (Å²) >= 11 is 6.03. The van der Waals surface area contributed by atoms with E-state index in [9.17, 15) is 8.78 Å². The zero-order valence-electron chi connectivity index (χ0n) is 10.3. The summed E-state index contributed by atoms with van der Waals surface area (Å²) in [5.41, 5.74) is 7.57. The normalized spacial score (nSPS) is 10.8. The van der Waals surface area contributed by atoms with Gasteiger partial charge in [0.05, 0.1) is 10.7 Å². The second-order valence-electron chi connectivity index (χ2n) is 4.26. The number of nitrogen functional groups attached to an aromatic ring is 1. The molecule has 0 amide bonds. The predicted octanol–water partition coefficient (Wildman–Crippen LogP) is 4.91. The molecule has 100 valence electrons. The second-order valence-corrected chi connectivity index (χ2v) is 4.66. The molecule has 0 aliphatic heterocycles. The van der Waals surface area contributed by atoms with Gasteiger partial charge in [0, 0.05) is 16.9 Å². The fourth-order valence-electron chi connectivity index (χ4n) is 1.76. The predicted molar refractivity (Wildman–Crippen MR) is 75.3 cm³/mol. The van der Waals surface area contributed by atoms with Crippen LogP contribution < -0.4 is 11.1 Å². The van der Waals surface area contributed by atoms with Crippen LogP contribution in [0.25, 0.3) is 0 Å². The Labute approximate surface area is 115 Å². The third-order valence-corrected chi connectivity index (χ3v) is 3.03. The summed E-state index contributed by atoms with van der Waals surface area (Å²) in [5, 5.41) is 3.40. The summed E-state index contributed by atoms with van der Waals surface area (Å²) in [6, 6.07) is 9.72.